The molecule has 0 heterocycles. The molecule has 102 valence electrons. The molecule has 0 saturated heterocycles. The quantitative estimate of drug-likeness (QED) is 0.471. The van der Waals surface area contributed by atoms with Crippen molar-refractivity contribution in [1.82, 2.24) is 0 Å². The monoisotopic (exact) mass is 271 g/mol. The molecule has 0 aromatic heterocycles. The first-order chi connectivity index (χ1) is 9.65. The Morgan fingerprint density at radius 1 is 1.20 bits per heavy atom. The summed E-state index contributed by atoms with van der Waals surface area (Å²) in [4.78, 5) is 21.2. The summed E-state index contributed by atoms with van der Waals surface area (Å²) in [5, 5.41) is 11.0. The number of benzene rings is 2. The zero-order valence-electron chi connectivity index (χ0n) is 10.9. The minimum Gasteiger partial charge on any atom is -0.450 e. The molecule has 0 atom stereocenters. The van der Waals surface area contributed by atoms with Crippen LogP contribution in [0.15, 0.2) is 42.5 Å². The molecule has 0 spiro atoms. The van der Waals surface area contributed by atoms with E-state index >= 15 is 0 Å². The number of nitro groups is 1. The van der Waals surface area contributed by atoms with Gasteiger partial charge in [0.25, 0.3) is 0 Å². The fraction of sp³-hybridized carbons (Fsp3) is 0.133. The van der Waals surface area contributed by atoms with Crippen molar-refractivity contribution in [2.24, 2.45) is 0 Å². The average Bonchev–Trinajstić information content (AvgIpc) is 2.48. The lowest BCUT2D eigenvalue weighted by Crippen LogP contribution is -1.96. The van der Waals surface area contributed by atoms with Crippen LogP contribution in [-0.4, -0.2) is 11.2 Å². The summed E-state index contributed by atoms with van der Waals surface area (Å²) in [6.07, 6.45) is 1.33. The first kappa shape index (κ1) is 13.7. The van der Waals surface area contributed by atoms with Crippen LogP contribution in [0.25, 0.3) is 0 Å². The Labute approximate surface area is 116 Å². The standard InChI is InChI=1S/C15H13NO4/c1-2-12-5-3-4-6-14(12)20-15-8-7-11(10-17)9-13(15)16(18)19/h3-10H,2H2,1H3. The van der Waals surface area contributed by atoms with Gasteiger partial charge in [-0.1, -0.05) is 25.1 Å². The third-order valence-electron chi connectivity index (χ3n) is 2.89. The van der Waals surface area contributed by atoms with Crippen LogP contribution in [-0.2, 0) is 6.42 Å². The fourth-order valence-electron chi connectivity index (χ4n) is 1.85. The molecule has 0 saturated carbocycles. The summed E-state index contributed by atoms with van der Waals surface area (Å²) in [7, 11) is 0. The van der Waals surface area contributed by atoms with Gasteiger partial charge >= 0.3 is 5.69 Å². The number of carbonyl (C=O) groups excluding carboxylic acids is 1. The van der Waals surface area contributed by atoms with Crippen LogP contribution in [0, 0.1) is 10.1 Å². The first-order valence-corrected chi connectivity index (χ1v) is 6.15. The molecule has 0 bridgehead atoms. The van der Waals surface area contributed by atoms with E-state index in [0.717, 1.165) is 12.0 Å². The number of carbonyl (C=O) groups is 1. The number of aldehydes is 1. The highest BCUT2D eigenvalue weighted by atomic mass is 16.6. The summed E-state index contributed by atoms with van der Waals surface area (Å²) in [5.41, 5.74) is 0.981. The molecule has 0 radical (unpaired) electrons. The minimum absolute atomic E-state index is 0.126. The van der Waals surface area contributed by atoms with Crippen molar-refractivity contribution in [3.8, 4) is 11.5 Å². The van der Waals surface area contributed by atoms with E-state index in [9.17, 15) is 14.9 Å². The van der Waals surface area contributed by atoms with E-state index in [1.54, 1.807) is 12.1 Å². The van der Waals surface area contributed by atoms with Gasteiger partial charge in [-0.05, 0) is 30.2 Å². The molecule has 20 heavy (non-hydrogen) atoms. The molecular formula is C15H13NO4. The normalized spacial score (nSPS) is 10.1. The molecule has 2 rings (SSSR count). The molecule has 0 fully saturated rings. The first-order valence-electron chi connectivity index (χ1n) is 6.15. The smallest absolute Gasteiger partial charge is 0.312 e. The summed E-state index contributed by atoms with van der Waals surface area (Å²) < 4.78 is 5.63. The van der Waals surface area contributed by atoms with Gasteiger partial charge in [-0.25, -0.2) is 0 Å². The predicted molar refractivity (Wildman–Crippen MR) is 74.4 cm³/mol. The fourth-order valence-corrected chi connectivity index (χ4v) is 1.85. The van der Waals surface area contributed by atoms with E-state index < -0.39 is 4.92 Å². The second-order valence-electron chi connectivity index (χ2n) is 4.17. The van der Waals surface area contributed by atoms with E-state index in [4.69, 9.17) is 4.74 Å². The maximum atomic E-state index is 11.0. The zero-order chi connectivity index (χ0) is 14.5. The number of hydrogen-bond donors (Lipinski definition) is 0. The Bertz CT molecular complexity index is 652. The molecular weight excluding hydrogens is 258 g/mol. The second-order valence-corrected chi connectivity index (χ2v) is 4.17. The molecule has 2 aromatic rings. The lowest BCUT2D eigenvalue weighted by Gasteiger charge is -2.10. The van der Waals surface area contributed by atoms with Gasteiger partial charge < -0.3 is 4.74 Å². The van der Waals surface area contributed by atoms with Crippen molar-refractivity contribution in [1.29, 1.82) is 0 Å². The number of rotatable bonds is 5. The van der Waals surface area contributed by atoms with E-state index in [1.165, 1.54) is 18.2 Å². The maximum absolute atomic E-state index is 11.0. The van der Waals surface area contributed by atoms with E-state index in [2.05, 4.69) is 0 Å². The maximum Gasteiger partial charge on any atom is 0.312 e. The Kier molecular flexibility index (Phi) is 4.10. The van der Waals surface area contributed by atoms with Crippen LogP contribution in [0.1, 0.15) is 22.8 Å². The van der Waals surface area contributed by atoms with Crippen molar-refractivity contribution in [3.63, 3.8) is 0 Å². The van der Waals surface area contributed by atoms with Crippen molar-refractivity contribution in [3.05, 3.63) is 63.7 Å². The topological polar surface area (TPSA) is 69.4 Å². The van der Waals surface area contributed by atoms with Gasteiger partial charge in [-0.15, -0.1) is 0 Å². The highest BCUT2D eigenvalue weighted by Crippen LogP contribution is 2.33. The molecule has 5 heteroatoms. The van der Waals surface area contributed by atoms with Crippen molar-refractivity contribution >= 4 is 12.0 Å². The van der Waals surface area contributed by atoms with Gasteiger partial charge in [0.2, 0.25) is 5.75 Å². The number of hydrogen-bond acceptors (Lipinski definition) is 4. The molecule has 0 amide bonds. The highest BCUT2D eigenvalue weighted by Gasteiger charge is 2.17. The Morgan fingerprint density at radius 2 is 1.95 bits per heavy atom. The number of nitrogens with zero attached hydrogens (tertiary/aromatic N) is 1. The Balaban J connectivity index is 2.42. The lowest BCUT2D eigenvalue weighted by molar-refractivity contribution is -0.385. The van der Waals surface area contributed by atoms with Gasteiger partial charge in [0, 0.05) is 11.6 Å². The number of nitro benzene ring substituents is 1. The Morgan fingerprint density at radius 3 is 2.60 bits per heavy atom. The van der Waals surface area contributed by atoms with E-state index in [0.29, 0.717) is 12.0 Å². The SMILES string of the molecule is CCc1ccccc1Oc1ccc(C=O)cc1[N+](=O)[O-]. The third-order valence-corrected chi connectivity index (χ3v) is 2.89. The number of ether oxygens (including phenoxy) is 1. The number of aryl methyl sites for hydroxylation is 1. The molecule has 0 unspecified atom stereocenters. The minimum atomic E-state index is -0.559. The van der Waals surface area contributed by atoms with Crippen LogP contribution in [0.4, 0.5) is 5.69 Å². The van der Waals surface area contributed by atoms with Crippen LogP contribution >= 0.6 is 0 Å². The van der Waals surface area contributed by atoms with Crippen LogP contribution in [0.2, 0.25) is 0 Å². The Hall–Kier alpha value is -2.69. The van der Waals surface area contributed by atoms with Gasteiger partial charge in [0.15, 0.2) is 0 Å². The van der Waals surface area contributed by atoms with Crippen molar-refractivity contribution < 1.29 is 14.5 Å². The van der Waals surface area contributed by atoms with Crippen molar-refractivity contribution in [2.75, 3.05) is 0 Å². The van der Waals surface area contributed by atoms with Gasteiger partial charge in [0.05, 0.1) is 4.92 Å². The highest BCUT2D eigenvalue weighted by molar-refractivity contribution is 5.77. The molecule has 0 aliphatic carbocycles. The molecule has 2 aromatic carbocycles. The molecule has 5 nitrogen and oxygen atoms in total. The molecule has 0 aliphatic heterocycles. The van der Waals surface area contributed by atoms with E-state index in [-0.39, 0.29) is 17.0 Å². The summed E-state index contributed by atoms with van der Waals surface area (Å²) in [5.74, 6) is 0.707. The summed E-state index contributed by atoms with van der Waals surface area (Å²) in [6.45, 7) is 1.98. The van der Waals surface area contributed by atoms with Gasteiger partial charge in [0.1, 0.15) is 12.0 Å². The zero-order valence-corrected chi connectivity index (χ0v) is 10.9. The van der Waals surface area contributed by atoms with Crippen LogP contribution < -0.4 is 4.74 Å². The van der Waals surface area contributed by atoms with Crippen molar-refractivity contribution in [2.45, 2.75) is 13.3 Å². The largest absolute Gasteiger partial charge is 0.450 e. The average molecular weight is 271 g/mol. The second kappa shape index (κ2) is 5.97. The van der Waals surface area contributed by atoms with Gasteiger partial charge in [-0.2, -0.15) is 0 Å². The summed E-state index contributed by atoms with van der Waals surface area (Å²) >= 11 is 0. The van der Waals surface area contributed by atoms with Crippen LogP contribution in [0.3, 0.4) is 0 Å². The predicted octanol–water partition coefficient (Wildman–Crippen LogP) is 3.76. The molecule has 0 aliphatic rings. The van der Waals surface area contributed by atoms with Crippen LogP contribution in [0.5, 0.6) is 11.5 Å². The lowest BCUT2D eigenvalue weighted by atomic mass is 10.1. The summed E-state index contributed by atoms with van der Waals surface area (Å²) in [6, 6.07) is 11.5. The van der Waals surface area contributed by atoms with Gasteiger partial charge in [-0.3, -0.25) is 14.9 Å². The third kappa shape index (κ3) is 2.83. The molecule has 0 N–H and O–H groups in total. The van der Waals surface area contributed by atoms with E-state index in [1.807, 2.05) is 19.1 Å². The number of para-hydroxylation sites is 1.